The van der Waals surface area contributed by atoms with Crippen LogP contribution >= 0.6 is 0 Å². The van der Waals surface area contributed by atoms with Gasteiger partial charge in [-0.25, -0.2) is 0 Å². The van der Waals surface area contributed by atoms with Gasteiger partial charge < -0.3 is 4.74 Å². The lowest BCUT2D eigenvalue weighted by Gasteiger charge is -2.09. The van der Waals surface area contributed by atoms with E-state index in [1.807, 2.05) is 54.0 Å². The van der Waals surface area contributed by atoms with Crippen LogP contribution in [0.3, 0.4) is 0 Å². The monoisotopic (exact) mass is 266 g/mol. The fourth-order valence-corrected chi connectivity index (χ4v) is 2.06. The summed E-state index contributed by atoms with van der Waals surface area (Å²) in [5, 5.41) is 8.38. The van der Waals surface area contributed by atoms with Gasteiger partial charge in [0.1, 0.15) is 17.3 Å². The van der Waals surface area contributed by atoms with E-state index < -0.39 is 0 Å². The van der Waals surface area contributed by atoms with Gasteiger partial charge in [-0.3, -0.25) is 9.55 Å². The molecule has 0 fully saturated rings. The normalized spacial score (nSPS) is 10.5. The minimum atomic E-state index is 0.730. The van der Waals surface area contributed by atoms with Crippen molar-refractivity contribution < 1.29 is 4.74 Å². The molecule has 0 aliphatic rings. The maximum atomic E-state index is 5.18. The fourth-order valence-electron chi connectivity index (χ4n) is 2.06. The van der Waals surface area contributed by atoms with E-state index in [2.05, 4.69) is 15.2 Å². The van der Waals surface area contributed by atoms with Crippen molar-refractivity contribution in [2.45, 2.75) is 6.92 Å². The second kappa shape index (κ2) is 5.13. The van der Waals surface area contributed by atoms with E-state index in [0.717, 1.165) is 28.8 Å². The highest BCUT2D eigenvalue weighted by Gasteiger charge is 2.13. The number of ether oxygens (including phenoxy) is 1. The second-order valence-electron chi connectivity index (χ2n) is 4.32. The van der Waals surface area contributed by atoms with Gasteiger partial charge in [0.2, 0.25) is 0 Å². The predicted molar refractivity (Wildman–Crippen MR) is 75.9 cm³/mol. The van der Waals surface area contributed by atoms with Gasteiger partial charge in [0, 0.05) is 11.9 Å². The van der Waals surface area contributed by atoms with Crippen LogP contribution in [0.1, 0.15) is 5.82 Å². The molecule has 2 aromatic heterocycles. The van der Waals surface area contributed by atoms with Crippen molar-refractivity contribution in [1.29, 1.82) is 0 Å². The van der Waals surface area contributed by atoms with Gasteiger partial charge >= 0.3 is 0 Å². The summed E-state index contributed by atoms with van der Waals surface area (Å²) in [4.78, 5) is 4.33. The summed E-state index contributed by atoms with van der Waals surface area (Å²) in [5.74, 6) is 2.36. The largest absolute Gasteiger partial charge is 0.497 e. The molecule has 0 saturated carbocycles. The number of benzene rings is 1. The molecular weight excluding hydrogens is 252 g/mol. The summed E-state index contributed by atoms with van der Waals surface area (Å²) >= 11 is 0. The quantitative estimate of drug-likeness (QED) is 0.731. The summed E-state index contributed by atoms with van der Waals surface area (Å²) in [5.41, 5.74) is 1.78. The fraction of sp³-hybridized carbons (Fsp3) is 0.133. The third kappa shape index (κ3) is 2.14. The molecule has 0 atom stereocenters. The smallest absolute Gasteiger partial charge is 0.187 e. The Morgan fingerprint density at radius 1 is 1.00 bits per heavy atom. The number of nitrogens with zero attached hydrogens (tertiary/aromatic N) is 4. The van der Waals surface area contributed by atoms with Crippen LogP contribution in [-0.2, 0) is 0 Å². The minimum Gasteiger partial charge on any atom is -0.497 e. The zero-order valence-corrected chi connectivity index (χ0v) is 11.3. The number of aryl methyl sites for hydroxylation is 1. The Morgan fingerprint density at radius 3 is 2.45 bits per heavy atom. The summed E-state index contributed by atoms with van der Waals surface area (Å²) < 4.78 is 7.15. The lowest BCUT2D eigenvalue weighted by atomic mass is 10.2. The second-order valence-corrected chi connectivity index (χ2v) is 4.32. The van der Waals surface area contributed by atoms with Crippen LogP contribution < -0.4 is 4.74 Å². The van der Waals surface area contributed by atoms with Gasteiger partial charge in [-0.2, -0.15) is 0 Å². The van der Waals surface area contributed by atoms with Crippen molar-refractivity contribution in [3.05, 3.63) is 54.5 Å². The van der Waals surface area contributed by atoms with Gasteiger partial charge in [-0.1, -0.05) is 6.07 Å². The van der Waals surface area contributed by atoms with Crippen LogP contribution in [0.2, 0.25) is 0 Å². The van der Waals surface area contributed by atoms with Crippen molar-refractivity contribution in [2.75, 3.05) is 7.11 Å². The highest BCUT2D eigenvalue weighted by Crippen LogP contribution is 2.22. The highest BCUT2D eigenvalue weighted by atomic mass is 16.5. The number of hydrogen-bond acceptors (Lipinski definition) is 4. The van der Waals surface area contributed by atoms with Crippen LogP contribution in [0, 0.1) is 6.92 Å². The summed E-state index contributed by atoms with van der Waals surface area (Å²) in [6.07, 6.45) is 1.75. The molecule has 3 rings (SSSR count). The molecule has 0 bridgehead atoms. The Labute approximate surface area is 116 Å². The molecule has 0 aliphatic heterocycles. The Balaban J connectivity index is 2.11. The molecule has 0 spiro atoms. The first-order valence-corrected chi connectivity index (χ1v) is 6.27. The molecule has 0 amide bonds. The lowest BCUT2D eigenvalue weighted by Crippen LogP contribution is -2.00. The zero-order chi connectivity index (χ0) is 13.9. The highest BCUT2D eigenvalue weighted by molar-refractivity contribution is 5.54. The third-order valence-electron chi connectivity index (χ3n) is 3.05. The summed E-state index contributed by atoms with van der Waals surface area (Å²) in [7, 11) is 1.65. The van der Waals surface area contributed by atoms with Gasteiger partial charge in [-0.05, 0) is 43.3 Å². The number of rotatable bonds is 3. The van der Waals surface area contributed by atoms with Gasteiger partial charge in [0.25, 0.3) is 0 Å². The van der Waals surface area contributed by atoms with Gasteiger partial charge in [0.05, 0.1) is 7.11 Å². The van der Waals surface area contributed by atoms with Crippen molar-refractivity contribution in [3.8, 4) is 23.0 Å². The van der Waals surface area contributed by atoms with Crippen LogP contribution in [-0.4, -0.2) is 26.9 Å². The molecular formula is C15H14N4O. The molecule has 0 radical (unpaired) electrons. The third-order valence-corrected chi connectivity index (χ3v) is 3.05. The van der Waals surface area contributed by atoms with E-state index in [0.29, 0.717) is 0 Å². The van der Waals surface area contributed by atoms with Crippen molar-refractivity contribution in [2.24, 2.45) is 0 Å². The summed E-state index contributed by atoms with van der Waals surface area (Å²) in [6.45, 7) is 1.92. The Hall–Kier alpha value is -2.69. The molecule has 3 aromatic rings. The number of aromatic nitrogens is 4. The van der Waals surface area contributed by atoms with Crippen molar-refractivity contribution in [1.82, 2.24) is 19.7 Å². The SMILES string of the molecule is COc1ccc(-n2c(C)nnc2-c2ccccn2)cc1. The average molecular weight is 266 g/mol. The van der Waals surface area contributed by atoms with E-state index in [1.165, 1.54) is 0 Å². The van der Waals surface area contributed by atoms with Crippen LogP contribution in [0.5, 0.6) is 5.75 Å². The van der Waals surface area contributed by atoms with Crippen molar-refractivity contribution in [3.63, 3.8) is 0 Å². The minimum absolute atomic E-state index is 0.730. The van der Waals surface area contributed by atoms with E-state index in [9.17, 15) is 0 Å². The molecule has 20 heavy (non-hydrogen) atoms. The van der Waals surface area contributed by atoms with Crippen LogP contribution in [0.25, 0.3) is 17.2 Å². The molecule has 2 heterocycles. The maximum absolute atomic E-state index is 5.18. The molecule has 1 aromatic carbocycles. The molecule has 0 N–H and O–H groups in total. The number of methoxy groups -OCH3 is 1. The average Bonchev–Trinajstić information content (AvgIpc) is 2.90. The van der Waals surface area contributed by atoms with Gasteiger partial charge in [-0.15, -0.1) is 10.2 Å². The summed E-state index contributed by atoms with van der Waals surface area (Å²) in [6, 6.07) is 13.5. The predicted octanol–water partition coefficient (Wildman–Crippen LogP) is 2.65. The lowest BCUT2D eigenvalue weighted by molar-refractivity contribution is 0.414. The number of hydrogen-bond donors (Lipinski definition) is 0. The zero-order valence-electron chi connectivity index (χ0n) is 11.3. The first kappa shape index (κ1) is 12.3. The van der Waals surface area contributed by atoms with Crippen LogP contribution in [0.4, 0.5) is 0 Å². The number of pyridine rings is 1. The molecule has 0 saturated heterocycles. The first-order chi connectivity index (χ1) is 9.79. The standard InChI is InChI=1S/C15H14N4O/c1-11-17-18-15(14-5-3-4-10-16-14)19(11)12-6-8-13(20-2)9-7-12/h3-10H,1-2H3. The first-order valence-electron chi connectivity index (χ1n) is 6.27. The molecule has 100 valence electrons. The molecule has 0 unspecified atom stereocenters. The Kier molecular flexibility index (Phi) is 3.16. The van der Waals surface area contributed by atoms with E-state index in [4.69, 9.17) is 4.74 Å². The van der Waals surface area contributed by atoms with E-state index in [-0.39, 0.29) is 0 Å². The topological polar surface area (TPSA) is 52.8 Å². The van der Waals surface area contributed by atoms with E-state index in [1.54, 1.807) is 13.3 Å². The Morgan fingerprint density at radius 2 is 1.80 bits per heavy atom. The van der Waals surface area contributed by atoms with Crippen molar-refractivity contribution >= 4 is 0 Å². The maximum Gasteiger partial charge on any atom is 0.187 e. The Bertz CT molecular complexity index is 704. The molecule has 0 aliphatic carbocycles. The van der Waals surface area contributed by atoms with E-state index >= 15 is 0 Å². The molecule has 5 heteroatoms. The molecule has 5 nitrogen and oxygen atoms in total. The van der Waals surface area contributed by atoms with Gasteiger partial charge in [0.15, 0.2) is 5.82 Å². The van der Waals surface area contributed by atoms with Crippen LogP contribution in [0.15, 0.2) is 48.7 Å².